The highest BCUT2D eigenvalue weighted by atomic mass is 35.5. The number of sulfone groups is 1. The zero-order valence-electron chi connectivity index (χ0n) is 8.28. The molecule has 14 heavy (non-hydrogen) atoms. The van der Waals surface area contributed by atoms with Crippen LogP contribution >= 0.6 is 11.6 Å². The van der Waals surface area contributed by atoms with E-state index in [0.717, 1.165) is 0 Å². The molecular weight excluding hydrogens is 228 g/mol. The van der Waals surface area contributed by atoms with Crippen molar-refractivity contribution < 1.29 is 17.9 Å². The maximum atomic E-state index is 11.3. The van der Waals surface area contributed by atoms with Crippen LogP contribution in [0, 0.1) is 0 Å². The van der Waals surface area contributed by atoms with E-state index in [0.29, 0.717) is 0 Å². The quantitative estimate of drug-likeness (QED) is 0.424. The summed E-state index contributed by atoms with van der Waals surface area (Å²) in [5, 5.41) is 0. The Kier molecular flexibility index (Phi) is 4.61. The van der Waals surface area contributed by atoms with E-state index in [-0.39, 0.29) is 5.57 Å². The minimum atomic E-state index is -3.62. The van der Waals surface area contributed by atoms with E-state index in [9.17, 15) is 13.2 Å². The molecule has 0 aliphatic carbocycles. The lowest BCUT2D eigenvalue weighted by molar-refractivity contribution is -0.140. The fraction of sp³-hybridized carbons (Fsp3) is 0.625. The van der Waals surface area contributed by atoms with Crippen molar-refractivity contribution in [2.75, 3.05) is 0 Å². The molecule has 0 spiro atoms. The van der Waals surface area contributed by atoms with Crippen molar-refractivity contribution in [1.29, 1.82) is 0 Å². The largest absolute Gasteiger partial charge is 0.443 e. The lowest BCUT2D eigenvalue weighted by Crippen LogP contribution is -2.29. The number of alkyl halides is 1. The number of carbonyl (C=O) groups is 1. The first-order valence-electron chi connectivity index (χ1n) is 3.93. The molecule has 0 saturated carbocycles. The number of hydrogen-bond donors (Lipinski definition) is 0. The average Bonchev–Trinajstić information content (AvgIpc) is 2.03. The van der Waals surface area contributed by atoms with E-state index in [1.165, 1.54) is 20.8 Å². The SMILES string of the molecule is C=C(C)C(=O)OC(C)S(=O)(=O)C(C)Cl. The van der Waals surface area contributed by atoms with Crippen LogP contribution in [0.1, 0.15) is 20.8 Å². The Morgan fingerprint density at radius 3 is 2.14 bits per heavy atom. The minimum Gasteiger partial charge on any atom is -0.443 e. The van der Waals surface area contributed by atoms with Gasteiger partial charge in [0, 0.05) is 5.57 Å². The molecule has 2 unspecified atom stereocenters. The minimum absolute atomic E-state index is 0.147. The Labute approximate surface area is 88.8 Å². The molecule has 4 nitrogen and oxygen atoms in total. The summed E-state index contributed by atoms with van der Waals surface area (Å²) < 4.78 is 26.2. The Bertz CT molecular complexity index is 331. The van der Waals surface area contributed by atoms with Gasteiger partial charge in [-0.25, -0.2) is 13.2 Å². The number of ether oxygens (including phenoxy) is 1. The summed E-state index contributed by atoms with van der Waals surface area (Å²) in [6, 6.07) is 0. The number of hydrogen-bond acceptors (Lipinski definition) is 4. The van der Waals surface area contributed by atoms with Crippen LogP contribution in [-0.4, -0.2) is 24.5 Å². The van der Waals surface area contributed by atoms with Gasteiger partial charge in [-0.15, -0.1) is 11.6 Å². The van der Waals surface area contributed by atoms with Crippen LogP contribution in [0.5, 0.6) is 0 Å². The van der Waals surface area contributed by atoms with Crippen molar-refractivity contribution in [1.82, 2.24) is 0 Å². The second-order valence-electron chi connectivity index (χ2n) is 2.89. The Morgan fingerprint density at radius 2 is 1.86 bits per heavy atom. The zero-order chi connectivity index (χ0) is 11.5. The Morgan fingerprint density at radius 1 is 1.43 bits per heavy atom. The Balaban J connectivity index is 4.59. The first-order valence-corrected chi connectivity index (χ1v) is 5.97. The van der Waals surface area contributed by atoms with E-state index < -0.39 is 26.0 Å². The van der Waals surface area contributed by atoms with Crippen molar-refractivity contribution in [2.24, 2.45) is 0 Å². The van der Waals surface area contributed by atoms with Gasteiger partial charge in [-0.2, -0.15) is 0 Å². The van der Waals surface area contributed by atoms with Gasteiger partial charge < -0.3 is 4.74 Å². The first-order chi connectivity index (χ1) is 6.19. The van der Waals surface area contributed by atoms with Crippen molar-refractivity contribution in [3.8, 4) is 0 Å². The maximum Gasteiger partial charge on any atom is 0.334 e. The standard InChI is InChI=1S/C8H13ClO4S/c1-5(2)8(10)13-7(4)14(11,12)6(3)9/h6-7H,1H2,2-4H3. The predicted octanol–water partition coefficient (Wildman–Crippen LogP) is 1.45. The third kappa shape index (κ3) is 3.31. The van der Waals surface area contributed by atoms with Crippen LogP contribution in [0.4, 0.5) is 0 Å². The highest BCUT2D eigenvalue weighted by molar-refractivity contribution is 7.93. The van der Waals surface area contributed by atoms with Gasteiger partial charge in [0.2, 0.25) is 15.3 Å². The molecule has 0 aliphatic heterocycles. The van der Waals surface area contributed by atoms with Crippen LogP contribution in [0.15, 0.2) is 12.2 Å². The van der Waals surface area contributed by atoms with Crippen LogP contribution in [0.2, 0.25) is 0 Å². The van der Waals surface area contributed by atoms with Crippen molar-refractivity contribution in [3.63, 3.8) is 0 Å². The molecule has 6 heteroatoms. The first kappa shape index (κ1) is 13.4. The Hall–Kier alpha value is -0.550. The zero-order valence-corrected chi connectivity index (χ0v) is 9.85. The van der Waals surface area contributed by atoms with Crippen molar-refractivity contribution in [3.05, 3.63) is 12.2 Å². The van der Waals surface area contributed by atoms with Gasteiger partial charge in [-0.1, -0.05) is 6.58 Å². The van der Waals surface area contributed by atoms with Gasteiger partial charge in [-0.05, 0) is 20.8 Å². The van der Waals surface area contributed by atoms with Gasteiger partial charge in [0.05, 0.1) is 0 Å². The summed E-state index contributed by atoms with van der Waals surface area (Å²) in [5.74, 6) is -0.738. The smallest absolute Gasteiger partial charge is 0.334 e. The highest BCUT2D eigenvalue weighted by Gasteiger charge is 2.29. The van der Waals surface area contributed by atoms with Crippen molar-refractivity contribution >= 4 is 27.4 Å². The second kappa shape index (κ2) is 4.79. The lowest BCUT2D eigenvalue weighted by Gasteiger charge is -2.15. The van der Waals surface area contributed by atoms with Gasteiger partial charge in [0.25, 0.3) is 0 Å². The molecule has 0 amide bonds. The summed E-state index contributed by atoms with van der Waals surface area (Å²) in [4.78, 5) is 11.0. The summed E-state index contributed by atoms with van der Waals surface area (Å²) in [5.41, 5.74) is -1.10. The van der Waals surface area contributed by atoms with E-state index in [1.807, 2.05) is 0 Å². The number of halogens is 1. The average molecular weight is 241 g/mol. The molecular formula is C8H13ClO4S. The van der Waals surface area contributed by atoms with Crippen LogP contribution in [0.3, 0.4) is 0 Å². The van der Waals surface area contributed by atoms with Crippen molar-refractivity contribution in [2.45, 2.75) is 30.9 Å². The van der Waals surface area contributed by atoms with E-state index in [2.05, 4.69) is 11.3 Å². The van der Waals surface area contributed by atoms with Gasteiger partial charge in [0.1, 0.15) is 4.71 Å². The van der Waals surface area contributed by atoms with E-state index in [1.54, 1.807) is 0 Å². The molecule has 0 rings (SSSR count). The molecule has 0 radical (unpaired) electrons. The lowest BCUT2D eigenvalue weighted by atomic mass is 10.4. The summed E-state index contributed by atoms with van der Waals surface area (Å²) in [7, 11) is -3.62. The molecule has 0 aliphatic rings. The molecule has 0 aromatic rings. The number of carbonyl (C=O) groups excluding carboxylic acids is 1. The van der Waals surface area contributed by atoms with E-state index in [4.69, 9.17) is 11.6 Å². The van der Waals surface area contributed by atoms with Gasteiger partial charge in [0.15, 0.2) is 0 Å². The highest BCUT2D eigenvalue weighted by Crippen LogP contribution is 2.14. The van der Waals surface area contributed by atoms with Crippen LogP contribution < -0.4 is 0 Å². The summed E-state index contributed by atoms with van der Waals surface area (Å²) in [6.45, 7) is 7.34. The molecule has 0 bridgehead atoms. The van der Waals surface area contributed by atoms with Gasteiger partial charge >= 0.3 is 5.97 Å². The predicted molar refractivity (Wildman–Crippen MR) is 54.6 cm³/mol. The van der Waals surface area contributed by atoms with E-state index >= 15 is 0 Å². The number of rotatable bonds is 4. The molecule has 0 heterocycles. The number of esters is 1. The third-order valence-corrected chi connectivity index (χ3v) is 4.21. The summed E-state index contributed by atoms with van der Waals surface area (Å²) in [6.07, 6.45) is 0. The topological polar surface area (TPSA) is 60.4 Å². The summed E-state index contributed by atoms with van der Waals surface area (Å²) >= 11 is 5.43. The second-order valence-corrected chi connectivity index (χ2v) is 6.35. The fourth-order valence-electron chi connectivity index (χ4n) is 0.582. The van der Waals surface area contributed by atoms with Crippen LogP contribution in [0.25, 0.3) is 0 Å². The molecule has 0 fully saturated rings. The maximum absolute atomic E-state index is 11.3. The normalized spacial score (nSPS) is 15.7. The van der Waals surface area contributed by atoms with Crippen LogP contribution in [-0.2, 0) is 19.4 Å². The molecule has 0 saturated heterocycles. The molecule has 0 aromatic heterocycles. The molecule has 2 atom stereocenters. The van der Waals surface area contributed by atoms with Gasteiger partial charge in [-0.3, -0.25) is 0 Å². The molecule has 0 aromatic carbocycles. The molecule has 82 valence electrons. The third-order valence-electron chi connectivity index (χ3n) is 1.54. The monoisotopic (exact) mass is 240 g/mol. The molecule has 0 N–H and O–H groups in total. The fourth-order valence-corrected chi connectivity index (χ4v) is 1.77.